The number of hydrogen-bond donors (Lipinski definition) is 0. The minimum atomic E-state index is -1.27. The zero-order chi connectivity index (χ0) is 13.5. The number of esters is 1. The monoisotopic (exact) mass is 271 g/mol. The molecule has 1 saturated heterocycles. The van der Waals surface area contributed by atoms with Gasteiger partial charge in [-0.1, -0.05) is 5.73 Å². The Hall–Kier alpha value is -0.910. The zero-order valence-corrected chi connectivity index (χ0v) is 11.5. The van der Waals surface area contributed by atoms with Crippen molar-refractivity contribution in [2.75, 3.05) is 6.61 Å². The van der Waals surface area contributed by atoms with Gasteiger partial charge in [-0.15, -0.1) is 0 Å². The van der Waals surface area contributed by atoms with Crippen LogP contribution in [0, 0.1) is 11.8 Å². The van der Waals surface area contributed by atoms with Gasteiger partial charge in [-0.25, -0.2) is 4.79 Å². The first kappa shape index (κ1) is 13.5. The molecular weight excluding hydrogens is 254 g/mol. The van der Waals surface area contributed by atoms with Crippen molar-refractivity contribution in [2.45, 2.75) is 43.3 Å². The van der Waals surface area contributed by atoms with Crippen molar-refractivity contribution in [3.63, 3.8) is 0 Å². The highest BCUT2D eigenvalue weighted by atomic mass is 32.2. The first-order valence-corrected chi connectivity index (χ1v) is 6.98. The van der Waals surface area contributed by atoms with Crippen LogP contribution in [0.5, 0.6) is 0 Å². The van der Waals surface area contributed by atoms with Crippen molar-refractivity contribution in [3.05, 3.63) is 0 Å². The van der Waals surface area contributed by atoms with E-state index >= 15 is 0 Å². The van der Waals surface area contributed by atoms with Crippen LogP contribution in [0.3, 0.4) is 0 Å². The number of thioether (sulfide) groups is 1. The van der Waals surface area contributed by atoms with Gasteiger partial charge in [0.2, 0.25) is 0 Å². The normalized spacial score (nSPS) is 36.4. The summed E-state index contributed by atoms with van der Waals surface area (Å²) in [5, 5.41) is 0.304. The van der Waals surface area contributed by atoms with Crippen LogP contribution < -0.4 is 5.73 Å². The van der Waals surface area contributed by atoms with E-state index in [0.29, 0.717) is 18.3 Å². The maximum atomic E-state index is 12.0. The Morgan fingerprint density at radius 2 is 2.11 bits per heavy atom. The molecule has 1 amide bonds. The highest BCUT2D eigenvalue weighted by Crippen LogP contribution is 2.60. The fraction of sp³-hybridized carbons (Fsp3) is 0.833. The van der Waals surface area contributed by atoms with E-state index < -0.39 is 6.09 Å². The molecule has 2 rings (SSSR count). The standard InChI is InChI=1S/C12H17NO4S/c1-4-16-10(14)9-8-6(17-11(13)15)5-7(8)18-12(9,2)3/h6-9H,4-5H2,1-3H3/t6-,7+,8-,9?/m0/s1. The van der Waals surface area contributed by atoms with Crippen molar-refractivity contribution in [1.82, 2.24) is 5.73 Å². The SMILES string of the molecule is CCOC(=O)C1[C@H]2[C@@H](OC([N])=O)C[C@H]2SC1(C)C. The molecular formula is C12H17NO4S. The molecule has 0 aromatic rings. The van der Waals surface area contributed by atoms with Crippen molar-refractivity contribution in [1.29, 1.82) is 0 Å². The van der Waals surface area contributed by atoms with Crippen LogP contribution in [0.25, 0.3) is 0 Å². The molecule has 2 radical (unpaired) electrons. The fourth-order valence-corrected chi connectivity index (χ4v) is 4.95. The maximum absolute atomic E-state index is 12.0. The molecule has 2 fully saturated rings. The number of carbonyl (C=O) groups is 2. The van der Waals surface area contributed by atoms with E-state index in [1.54, 1.807) is 18.7 Å². The molecule has 1 saturated carbocycles. The van der Waals surface area contributed by atoms with Crippen LogP contribution in [0.4, 0.5) is 4.79 Å². The third-order valence-electron chi connectivity index (χ3n) is 3.70. The summed E-state index contributed by atoms with van der Waals surface area (Å²) in [7, 11) is 0. The third-order valence-corrected chi connectivity index (χ3v) is 5.38. The summed E-state index contributed by atoms with van der Waals surface area (Å²) in [6, 6.07) is 0. The van der Waals surface area contributed by atoms with Gasteiger partial charge in [0.05, 0.1) is 12.5 Å². The summed E-state index contributed by atoms with van der Waals surface area (Å²) in [5.74, 6) is -0.563. The van der Waals surface area contributed by atoms with Gasteiger partial charge < -0.3 is 9.47 Å². The van der Waals surface area contributed by atoms with E-state index in [9.17, 15) is 9.59 Å². The van der Waals surface area contributed by atoms with E-state index in [-0.39, 0.29) is 28.7 Å². The Labute approximate surface area is 111 Å². The molecule has 0 aromatic heterocycles. The molecule has 0 spiro atoms. The van der Waals surface area contributed by atoms with Gasteiger partial charge in [-0.3, -0.25) is 4.79 Å². The van der Waals surface area contributed by atoms with Crippen molar-refractivity contribution in [3.8, 4) is 0 Å². The first-order chi connectivity index (χ1) is 8.36. The van der Waals surface area contributed by atoms with Gasteiger partial charge in [0, 0.05) is 15.9 Å². The predicted octanol–water partition coefficient (Wildman–Crippen LogP) is 1.65. The number of nitrogens with zero attached hydrogens (tertiary/aromatic N) is 1. The minimum absolute atomic E-state index is 0.0415. The number of fused-ring (bicyclic) bond motifs is 1. The van der Waals surface area contributed by atoms with Crippen LogP contribution in [-0.4, -0.2) is 34.8 Å². The van der Waals surface area contributed by atoms with Crippen LogP contribution in [0.1, 0.15) is 27.2 Å². The van der Waals surface area contributed by atoms with E-state index in [1.807, 2.05) is 13.8 Å². The molecule has 0 N–H and O–H groups in total. The van der Waals surface area contributed by atoms with Crippen LogP contribution in [0.2, 0.25) is 0 Å². The van der Waals surface area contributed by atoms with E-state index in [0.717, 1.165) is 0 Å². The molecule has 1 heterocycles. The number of amides is 1. The summed E-state index contributed by atoms with van der Waals surface area (Å²) in [5.41, 5.74) is 8.68. The Kier molecular flexibility index (Phi) is 3.49. The van der Waals surface area contributed by atoms with Gasteiger partial charge in [0.25, 0.3) is 0 Å². The van der Waals surface area contributed by atoms with E-state index in [2.05, 4.69) is 0 Å². The van der Waals surface area contributed by atoms with Crippen LogP contribution in [0.15, 0.2) is 0 Å². The maximum Gasteiger partial charge on any atom is 0.452 e. The molecule has 1 aliphatic heterocycles. The predicted molar refractivity (Wildman–Crippen MR) is 66.1 cm³/mol. The van der Waals surface area contributed by atoms with Gasteiger partial charge >= 0.3 is 12.1 Å². The number of rotatable bonds is 3. The lowest BCUT2D eigenvalue weighted by molar-refractivity contribution is -0.155. The second kappa shape index (κ2) is 4.64. The molecule has 5 nitrogen and oxygen atoms in total. The quantitative estimate of drug-likeness (QED) is 0.730. The Morgan fingerprint density at radius 1 is 1.44 bits per heavy atom. The van der Waals surface area contributed by atoms with Crippen molar-refractivity contribution < 1.29 is 19.1 Å². The molecule has 18 heavy (non-hydrogen) atoms. The van der Waals surface area contributed by atoms with Crippen LogP contribution in [-0.2, 0) is 14.3 Å². The summed E-state index contributed by atoms with van der Waals surface area (Å²) < 4.78 is 9.74. The first-order valence-electron chi connectivity index (χ1n) is 6.11. The average molecular weight is 271 g/mol. The minimum Gasteiger partial charge on any atom is -0.466 e. The van der Waals surface area contributed by atoms with Gasteiger partial charge in [-0.05, 0) is 27.2 Å². The smallest absolute Gasteiger partial charge is 0.452 e. The van der Waals surface area contributed by atoms with Crippen molar-refractivity contribution >= 4 is 23.8 Å². The fourth-order valence-electron chi connectivity index (χ4n) is 3.00. The van der Waals surface area contributed by atoms with E-state index in [1.165, 1.54) is 0 Å². The average Bonchev–Trinajstić information content (AvgIpc) is 2.43. The summed E-state index contributed by atoms with van der Waals surface area (Å²) >= 11 is 1.74. The van der Waals surface area contributed by atoms with E-state index in [4.69, 9.17) is 15.2 Å². The van der Waals surface area contributed by atoms with Crippen molar-refractivity contribution in [2.24, 2.45) is 11.8 Å². The Bertz CT molecular complexity index is 371. The number of carbonyl (C=O) groups excluding carboxylic acids is 2. The molecule has 1 unspecified atom stereocenters. The summed E-state index contributed by atoms with van der Waals surface area (Å²) in [6.07, 6.45) is -0.937. The summed E-state index contributed by atoms with van der Waals surface area (Å²) in [6.45, 7) is 6.14. The zero-order valence-electron chi connectivity index (χ0n) is 10.7. The highest BCUT2D eigenvalue weighted by molar-refractivity contribution is 8.01. The largest absolute Gasteiger partial charge is 0.466 e. The van der Waals surface area contributed by atoms with Gasteiger partial charge in [0.1, 0.15) is 6.10 Å². The highest BCUT2D eigenvalue weighted by Gasteiger charge is 2.62. The lowest BCUT2D eigenvalue weighted by Crippen LogP contribution is -2.50. The molecule has 6 heteroatoms. The lowest BCUT2D eigenvalue weighted by atomic mass is 9.69. The molecule has 0 aromatic carbocycles. The topological polar surface area (TPSA) is 74.9 Å². The Balaban J connectivity index is 2.13. The third kappa shape index (κ3) is 2.18. The lowest BCUT2D eigenvalue weighted by Gasteiger charge is -2.40. The molecule has 1 aliphatic carbocycles. The van der Waals surface area contributed by atoms with Gasteiger partial charge in [-0.2, -0.15) is 11.8 Å². The van der Waals surface area contributed by atoms with Crippen LogP contribution >= 0.6 is 11.8 Å². The van der Waals surface area contributed by atoms with Gasteiger partial charge in [0.15, 0.2) is 0 Å². The Morgan fingerprint density at radius 3 is 2.67 bits per heavy atom. The summed E-state index contributed by atoms with van der Waals surface area (Å²) in [4.78, 5) is 22.7. The molecule has 100 valence electrons. The second-order valence-electron chi connectivity index (χ2n) is 5.22. The molecule has 4 atom stereocenters. The molecule has 0 bridgehead atoms. The number of ether oxygens (including phenoxy) is 2. The number of hydrogen-bond acceptors (Lipinski definition) is 5. The molecule has 2 aliphatic rings. The second-order valence-corrected chi connectivity index (χ2v) is 7.12.